The van der Waals surface area contributed by atoms with Gasteiger partial charge in [-0.3, -0.25) is 15.7 Å². The molecule has 1 aromatic rings. The van der Waals surface area contributed by atoms with Crippen molar-refractivity contribution in [3.8, 4) is 0 Å². The molecule has 0 saturated heterocycles. The third-order valence-electron chi connectivity index (χ3n) is 3.42. The summed E-state index contributed by atoms with van der Waals surface area (Å²) in [5, 5.41) is 12.9. The number of nitrogens with two attached hydrogens (primary N) is 2. The van der Waals surface area contributed by atoms with Gasteiger partial charge in [0.2, 0.25) is 0 Å². The summed E-state index contributed by atoms with van der Waals surface area (Å²) in [6, 6.07) is 4.87. The fourth-order valence-electron chi connectivity index (χ4n) is 1.82. The third kappa shape index (κ3) is 14.7. The number of guanidine groups is 2. The van der Waals surface area contributed by atoms with E-state index in [2.05, 4.69) is 29.5 Å². The molecule has 0 aliphatic heterocycles. The monoisotopic (exact) mass is 467 g/mol. The molecule has 0 radical (unpaired) electrons. The summed E-state index contributed by atoms with van der Waals surface area (Å²) in [5.41, 5.74) is 11.0. The van der Waals surface area contributed by atoms with Crippen LogP contribution in [0.1, 0.15) is 39.5 Å². The van der Waals surface area contributed by atoms with E-state index in [4.69, 9.17) is 40.1 Å². The van der Waals surface area contributed by atoms with Crippen LogP contribution in [0.15, 0.2) is 23.2 Å². The first kappa shape index (κ1) is 29.3. The number of amides is 2. The van der Waals surface area contributed by atoms with E-state index >= 15 is 0 Å². The summed E-state index contributed by atoms with van der Waals surface area (Å²) in [6.45, 7) is 5.58. The molecule has 166 valence electrons. The van der Waals surface area contributed by atoms with Crippen LogP contribution in [0.4, 0.5) is 10.5 Å². The van der Waals surface area contributed by atoms with E-state index in [0.29, 0.717) is 22.3 Å². The highest BCUT2D eigenvalue weighted by Crippen LogP contribution is 2.25. The minimum absolute atomic E-state index is 0. The second-order valence-electron chi connectivity index (χ2n) is 5.99. The van der Waals surface area contributed by atoms with Crippen LogP contribution in [0.25, 0.3) is 0 Å². The zero-order valence-corrected chi connectivity index (χ0v) is 19.4. The molecular formula is C18H32Cl3N7O. The molecule has 2 amide bonds. The molecule has 0 unspecified atom stereocenters. The molecule has 1 aromatic carbocycles. The minimum Gasteiger partial charge on any atom is -0.370 e. The van der Waals surface area contributed by atoms with Gasteiger partial charge < -0.3 is 21.7 Å². The van der Waals surface area contributed by atoms with E-state index in [1.807, 2.05) is 0 Å². The Morgan fingerprint density at radius 3 is 2.31 bits per heavy atom. The standard InChI is InChI=1S/C12H16Cl2N2O.C6H15N5.ClH/c1-3-4-7-16(2)12(17)15-9-5-6-10(13)11(14)8-9;1-2-3-4-10-6(9)11-5(7)8;/h5-6,8H,3-4,7H2,1-2H3,(H,15,17);2-4H2,1H3,(H6,7,8,9,10,11);1H. The van der Waals surface area contributed by atoms with E-state index in [1.54, 1.807) is 30.1 Å². The minimum atomic E-state index is -0.178. The SMILES string of the molecule is CCCCN(C)C(=O)Nc1ccc(Cl)c(Cl)c1.CCCCN=C(N)NC(=N)N.Cl. The van der Waals surface area contributed by atoms with Crippen LogP contribution in [0.2, 0.25) is 10.0 Å². The molecule has 11 heteroatoms. The zero-order chi connectivity index (χ0) is 21.5. The predicted molar refractivity (Wildman–Crippen MR) is 127 cm³/mol. The maximum absolute atomic E-state index is 11.8. The normalized spacial score (nSPS) is 10.2. The van der Waals surface area contributed by atoms with Crippen molar-refractivity contribution >= 4 is 59.2 Å². The van der Waals surface area contributed by atoms with Crippen LogP contribution in [0.3, 0.4) is 0 Å². The number of nitrogens with zero attached hydrogens (tertiary/aromatic N) is 2. The van der Waals surface area contributed by atoms with Gasteiger partial charge in [-0.25, -0.2) is 4.79 Å². The van der Waals surface area contributed by atoms with E-state index in [1.165, 1.54) is 0 Å². The first-order valence-corrected chi connectivity index (χ1v) is 9.84. The molecule has 0 fully saturated rings. The number of carbonyl (C=O) groups excluding carboxylic acids is 1. The Balaban J connectivity index is 0. The third-order valence-corrected chi connectivity index (χ3v) is 4.16. The van der Waals surface area contributed by atoms with Crippen LogP contribution in [-0.2, 0) is 0 Å². The highest BCUT2D eigenvalue weighted by atomic mass is 35.5. The summed E-state index contributed by atoms with van der Waals surface area (Å²) >= 11 is 11.7. The molecule has 0 aliphatic carbocycles. The van der Waals surface area contributed by atoms with Crippen molar-refractivity contribution in [2.75, 3.05) is 25.5 Å². The lowest BCUT2D eigenvalue weighted by Gasteiger charge is -2.17. The maximum Gasteiger partial charge on any atom is 0.321 e. The molecule has 0 heterocycles. The summed E-state index contributed by atoms with van der Waals surface area (Å²) < 4.78 is 0. The lowest BCUT2D eigenvalue weighted by molar-refractivity contribution is 0.222. The Morgan fingerprint density at radius 2 is 1.79 bits per heavy atom. The van der Waals surface area contributed by atoms with Crippen LogP contribution in [0.5, 0.6) is 0 Å². The number of nitrogens with one attached hydrogen (secondary N) is 3. The number of benzene rings is 1. The van der Waals surface area contributed by atoms with Crippen LogP contribution < -0.4 is 22.1 Å². The Morgan fingerprint density at radius 1 is 1.17 bits per heavy atom. The number of unbranched alkanes of at least 4 members (excludes halogenated alkanes) is 2. The first-order valence-electron chi connectivity index (χ1n) is 9.09. The number of carbonyl (C=O) groups is 1. The van der Waals surface area contributed by atoms with E-state index in [9.17, 15) is 4.79 Å². The average molecular weight is 469 g/mol. The van der Waals surface area contributed by atoms with Gasteiger partial charge in [0.05, 0.1) is 10.0 Å². The Labute approximate surface area is 189 Å². The van der Waals surface area contributed by atoms with Gasteiger partial charge in [0.15, 0.2) is 11.9 Å². The van der Waals surface area contributed by atoms with Gasteiger partial charge in [-0.2, -0.15) is 0 Å². The number of halogens is 3. The van der Waals surface area contributed by atoms with Crippen molar-refractivity contribution in [3.63, 3.8) is 0 Å². The molecule has 0 atom stereocenters. The Bertz CT molecular complexity index is 656. The summed E-state index contributed by atoms with van der Waals surface area (Å²) in [5.74, 6) is 0.0358. The number of aliphatic imine (C=N–C) groups is 1. The topological polar surface area (TPSA) is 133 Å². The van der Waals surface area contributed by atoms with Crippen molar-refractivity contribution in [1.82, 2.24) is 10.2 Å². The van der Waals surface area contributed by atoms with Crippen molar-refractivity contribution in [3.05, 3.63) is 28.2 Å². The van der Waals surface area contributed by atoms with E-state index in [0.717, 1.165) is 32.2 Å². The fourth-order valence-corrected chi connectivity index (χ4v) is 2.12. The predicted octanol–water partition coefficient (Wildman–Crippen LogP) is 4.26. The van der Waals surface area contributed by atoms with Gasteiger partial charge in [-0.1, -0.05) is 49.9 Å². The lowest BCUT2D eigenvalue weighted by Crippen LogP contribution is -2.40. The highest BCUT2D eigenvalue weighted by molar-refractivity contribution is 6.42. The molecule has 0 saturated carbocycles. The van der Waals surface area contributed by atoms with Crippen LogP contribution in [0, 0.1) is 5.41 Å². The second-order valence-corrected chi connectivity index (χ2v) is 6.81. The first-order chi connectivity index (χ1) is 13.2. The molecule has 0 bridgehead atoms. The van der Waals surface area contributed by atoms with Gasteiger partial charge in [0.1, 0.15) is 0 Å². The van der Waals surface area contributed by atoms with E-state index in [-0.39, 0.29) is 30.4 Å². The Hall–Kier alpha value is -1.90. The molecule has 8 nitrogen and oxygen atoms in total. The zero-order valence-electron chi connectivity index (χ0n) is 17.1. The van der Waals surface area contributed by atoms with Gasteiger partial charge in [-0.05, 0) is 31.0 Å². The van der Waals surface area contributed by atoms with Crippen molar-refractivity contribution in [2.24, 2.45) is 16.5 Å². The molecular weight excluding hydrogens is 437 g/mol. The summed E-state index contributed by atoms with van der Waals surface area (Å²) in [6.07, 6.45) is 4.13. The fraction of sp³-hybridized carbons (Fsp3) is 0.500. The number of hydrogen-bond donors (Lipinski definition) is 5. The van der Waals surface area contributed by atoms with Crippen LogP contribution in [-0.4, -0.2) is 43.0 Å². The summed E-state index contributed by atoms with van der Waals surface area (Å²) in [7, 11) is 1.77. The highest BCUT2D eigenvalue weighted by Gasteiger charge is 2.08. The van der Waals surface area contributed by atoms with Gasteiger partial charge >= 0.3 is 6.03 Å². The molecule has 0 aliphatic rings. The quantitative estimate of drug-likeness (QED) is 0.232. The second kappa shape index (κ2) is 17.0. The van der Waals surface area contributed by atoms with Gasteiger partial charge in [-0.15, -0.1) is 12.4 Å². The summed E-state index contributed by atoms with van der Waals surface area (Å²) in [4.78, 5) is 17.3. The van der Waals surface area contributed by atoms with Crippen molar-refractivity contribution < 1.29 is 4.79 Å². The molecule has 7 N–H and O–H groups in total. The number of hydrogen-bond acceptors (Lipinski definition) is 3. The Kier molecular flexibility index (Phi) is 17.2. The molecule has 0 aromatic heterocycles. The van der Waals surface area contributed by atoms with Gasteiger partial charge in [0, 0.05) is 25.8 Å². The largest absolute Gasteiger partial charge is 0.370 e. The average Bonchev–Trinajstić information content (AvgIpc) is 2.63. The van der Waals surface area contributed by atoms with Crippen molar-refractivity contribution in [2.45, 2.75) is 39.5 Å². The smallest absolute Gasteiger partial charge is 0.321 e. The molecule has 0 spiro atoms. The van der Waals surface area contributed by atoms with Gasteiger partial charge in [0.25, 0.3) is 0 Å². The lowest BCUT2D eigenvalue weighted by atomic mass is 10.3. The van der Waals surface area contributed by atoms with Crippen LogP contribution >= 0.6 is 35.6 Å². The maximum atomic E-state index is 11.8. The number of anilines is 1. The van der Waals surface area contributed by atoms with E-state index < -0.39 is 0 Å². The van der Waals surface area contributed by atoms with Crippen molar-refractivity contribution in [1.29, 1.82) is 5.41 Å². The molecule has 1 rings (SSSR count). The molecule has 29 heavy (non-hydrogen) atoms. The number of rotatable bonds is 7. The number of urea groups is 1.